The highest BCUT2D eigenvalue weighted by atomic mass is 35.5. The van der Waals surface area contributed by atoms with Crippen LogP contribution in [0.3, 0.4) is 0 Å². The van der Waals surface area contributed by atoms with Crippen LogP contribution in [0, 0.1) is 6.92 Å². The Labute approximate surface area is 122 Å². The van der Waals surface area contributed by atoms with Crippen LogP contribution in [-0.4, -0.2) is 17.5 Å². The molecule has 20 heavy (non-hydrogen) atoms. The highest BCUT2D eigenvalue weighted by Crippen LogP contribution is 2.27. The summed E-state index contributed by atoms with van der Waals surface area (Å²) < 4.78 is 5.52. The molecule has 0 atom stereocenters. The van der Waals surface area contributed by atoms with Crippen molar-refractivity contribution in [2.75, 3.05) is 11.9 Å². The molecule has 0 radical (unpaired) electrons. The number of aryl methyl sites for hydroxylation is 1. The summed E-state index contributed by atoms with van der Waals surface area (Å²) in [5, 5.41) is 3.12. The number of halogens is 1. The van der Waals surface area contributed by atoms with Crippen molar-refractivity contribution in [3.05, 3.63) is 52.8 Å². The zero-order valence-electron chi connectivity index (χ0n) is 11.3. The number of anilines is 1. The van der Waals surface area contributed by atoms with Gasteiger partial charge in [-0.3, -0.25) is 9.78 Å². The number of hydrogen-bond donors (Lipinski definition) is 1. The number of carbonyl (C=O) groups is 1. The van der Waals surface area contributed by atoms with Gasteiger partial charge in [-0.15, -0.1) is 0 Å². The second-order valence-electron chi connectivity index (χ2n) is 4.24. The van der Waals surface area contributed by atoms with Gasteiger partial charge in [0, 0.05) is 12.4 Å². The number of amides is 1. The Bertz CT molecular complexity index is 629. The van der Waals surface area contributed by atoms with Gasteiger partial charge in [0.05, 0.1) is 22.9 Å². The summed E-state index contributed by atoms with van der Waals surface area (Å²) in [5.41, 5.74) is 2.06. The van der Waals surface area contributed by atoms with Gasteiger partial charge in [0.15, 0.2) is 0 Å². The molecule has 1 N–H and O–H groups in total. The summed E-state index contributed by atoms with van der Waals surface area (Å²) in [7, 11) is 0. The van der Waals surface area contributed by atoms with Crippen LogP contribution in [0.2, 0.25) is 5.02 Å². The Morgan fingerprint density at radius 3 is 2.90 bits per heavy atom. The number of nitrogens with zero attached hydrogens (tertiary/aromatic N) is 1. The van der Waals surface area contributed by atoms with E-state index in [-0.39, 0.29) is 5.91 Å². The van der Waals surface area contributed by atoms with Gasteiger partial charge in [-0.05, 0) is 37.6 Å². The third kappa shape index (κ3) is 3.27. The molecule has 1 heterocycles. The molecule has 4 nitrogen and oxygen atoms in total. The van der Waals surface area contributed by atoms with Crippen molar-refractivity contribution in [3.63, 3.8) is 0 Å². The molecule has 5 heteroatoms. The SMILES string of the molecule is CCOc1cc(C)ccc1NC(=O)c1ccncc1Cl. The molecule has 0 aliphatic rings. The van der Waals surface area contributed by atoms with E-state index < -0.39 is 0 Å². The maximum absolute atomic E-state index is 12.2. The Morgan fingerprint density at radius 1 is 1.40 bits per heavy atom. The average Bonchev–Trinajstić information content (AvgIpc) is 2.42. The Morgan fingerprint density at radius 2 is 2.20 bits per heavy atom. The highest BCUT2D eigenvalue weighted by molar-refractivity contribution is 6.34. The van der Waals surface area contributed by atoms with Gasteiger partial charge >= 0.3 is 0 Å². The number of nitrogens with one attached hydrogen (secondary N) is 1. The van der Waals surface area contributed by atoms with E-state index in [9.17, 15) is 4.79 Å². The van der Waals surface area contributed by atoms with Crippen molar-refractivity contribution in [1.29, 1.82) is 0 Å². The monoisotopic (exact) mass is 290 g/mol. The lowest BCUT2D eigenvalue weighted by molar-refractivity contribution is 0.102. The Balaban J connectivity index is 2.26. The number of rotatable bonds is 4. The molecule has 2 aromatic rings. The molecule has 1 aromatic carbocycles. The molecule has 0 spiro atoms. The normalized spacial score (nSPS) is 10.2. The fourth-order valence-electron chi connectivity index (χ4n) is 1.76. The molecule has 0 fully saturated rings. The fraction of sp³-hybridized carbons (Fsp3) is 0.200. The summed E-state index contributed by atoms with van der Waals surface area (Å²) in [4.78, 5) is 16.1. The van der Waals surface area contributed by atoms with E-state index >= 15 is 0 Å². The van der Waals surface area contributed by atoms with E-state index in [1.165, 1.54) is 12.4 Å². The summed E-state index contributed by atoms with van der Waals surface area (Å²) >= 11 is 5.96. The maximum atomic E-state index is 12.2. The number of pyridine rings is 1. The first-order valence-corrected chi connectivity index (χ1v) is 6.64. The lowest BCUT2D eigenvalue weighted by atomic mass is 10.2. The lowest BCUT2D eigenvalue weighted by Crippen LogP contribution is -2.13. The molecule has 0 saturated carbocycles. The van der Waals surface area contributed by atoms with E-state index in [0.717, 1.165) is 5.56 Å². The van der Waals surface area contributed by atoms with Gasteiger partial charge in [0.2, 0.25) is 0 Å². The maximum Gasteiger partial charge on any atom is 0.257 e. The average molecular weight is 291 g/mol. The predicted octanol–water partition coefficient (Wildman–Crippen LogP) is 3.69. The topological polar surface area (TPSA) is 51.2 Å². The van der Waals surface area contributed by atoms with Crippen LogP contribution in [0.1, 0.15) is 22.8 Å². The number of carbonyl (C=O) groups excluding carboxylic acids is 1. The van der Waals surface area contributed by atoms with Gasteiger partial charge in [-0.2, -0.15) is 0 Å². The first kappa shape index (κ1) is 14.3. The van der Waals surface area contributed by atoms with Crippen molar-refractivity contribution in [2.45, 2.75) is 13.8 Å². The minimum Gasteiger partial charge on any atom is -0.492 e. The first-order valence-electron chi connectivity index (χ1n) is 6.26. The van der Waals surface area contributed by atoms with Crippen LogP contribution in [0.5, 0.6) is 5.75 Å². The third-order valence-corrected chi connectivity index (χ3v) is 3.00. The summed E-state index contributed by atoms with van der Waals surface area (Å²) in [5.74, 6) is 0.355. The van der Waals surface area contributed by atoms with Crippen LogP contribution in [0.25, 0.3) is 0 Å². The first-order chi connectivity index (χ1) is 9.61. The standard InChI is InChI=1S/C15H15ClN2O2/c1-3-20-14-8-10(2)4-5-13(14)18-15(19)11-6-7-17-9-12(11)16/h4-9H,3H2,1-2H3,(H,18,19). The smallest absolute Gasteiger partial charge is 0.257 e. The minimum absolute atomic E-state index is 0.290. The largest absolute Gasteiger partial charge is 0.492 e. The molecule has 0 aliphatic heterocycles. The molecular weight excluding hydrogens is 276 g/mol. The van der Waals surface area contributed by atoms with Crippen LogP contribution < -0.4 is 10.1 Å². The van der Waals surface area contributed by atoms with Gasteiger partial charge < -0.3 is 10.1 Å². The zero-order valence-corrected chi connectivity index (χ0v) is 12.1. The zero-order chi connectivity index (χ0) is 14.5. The number of aromatic nitrogens is 1. The second kappa shape index (κ2) is 6.39. The molecule has 2 rings (SSSR count). The second-order valence-corrected chi connectivity index (χ2v) is 4.65. The highest BCUT2D eigenvalue weighted by Gasteiger charge is 2.13. The van der Waals surface area contributed by atoms with Crippen LogP contribution in [-0.2, 0) is 0 Å². The van der Waals surface area contributed by atoms with E-state index in [1.54, 1.807) is 6.07 Å². The van der Waals surface area contributed by atoms with E-state index in [1.807, 2.05) is 32.0 Å². The summed E-state index contributed by atoms with van der Waals surface area (Å²) in [6, 6.07) is 7.18. The molecule has 1 amide bonds. The molecular formula is C15H15ClN2O2. The van der Waals surface area contributed by atoms with Crippen LogP contribution >= 0.6 is 11.6 Å². The van der Waals surface area contributed by atoms with Crippen molar-refractivity contribution in [1.82, 2.24) is 4.98 Å². The summed E-state index contributed by atoms with van der Waals surface area (Å²) in [6.45, 7) is 4.39. The molecule has 0 aliphatic carbocycles. The Hall–Kier alpha value is -2.07. The minimum atomic E-state index is -0.290. The van der Waals surface area contributed by atoms with E-state index in [2.05, 4.69) is 10.3 Å². The summed E-state index contributed by atoms with van der Waals surface area (Å²) in [6.07, 6.45) is 2.97. The Kier molecular flexibility index (Phi) is 4.58. The third-order valence-electron chi connectivity index (χ3n) is 2.70. The number of hydrogen-bond acceptors (Lipinski definition) is 3. The van der Waals surface area contributed by atoms with Crippen molar-refractivity contribution in [3.8, 4) is 5.75 Å². The van der Waals surface area contributed by atoms with Crippen LogP contribution in [0.15, 0.2) is 36.7 Å². The number of ether oxygens (including phenoxy) is 1. The van der Waals surface area contributed by atoms with Crippen molar-refractivity contribution >= 4 is 23.2 Å². The molecule has 104 valence electrons. The van der Waals surface area contributed by atoms with Crippen molar-refractivity contribution < 1.29 is 9.53 Å². The van der Waals surface area contributed by atoms with E-state index in [4.69, 9.17) is 16.3 Å². The van der Waals surface area contributed by atoms with Gasteiger partial charge in [0.1, 0.15) is 5.75 Å². The predicted molar refractivity (Wildman–Crippen MR) is 79.5 cm³/mol. The fourth-order valence-corrected chi connectivity index (χ4v) is 1.96. The molecule has 0 saturated heterocycles. The van der Waals surface area contributed by atoms with Gasteiger partial charge in [-0.25, -0.2) is 0 Å². The van der Waals surface area contributed by atoms with Crippen molar-refractivity contribution in [2.24, 2.45) is 0 Å². The van der Waals surface area contributed by atoms with Gasteiger partial charge in [0.25, 0.3) is 5.91 Å². The van der Waals surface area contributed by atoms with Gasteiger partial charge in [-0.1, -0.05) is 17.7 Å². The molecule has 0 unspecified atom stereocenters. The molecule has 1 aromatic heterocycles. The van der Waals surface area contributed by atoms with E-state index in [0.29, 0.717) is 28.6 Å². The quantitative estimate of drug-likeness (QED) is 0.934. The van der Waals surface area contributed by atoms with Crippen LogP contribution in [0.4, 0.5) is 5.69 Å². The lowest BCUT2D eigenvalue weighted by Gasteiger charge is -2.12. The molecule has 0 bridgehead atoms. The number of benzene rings is 1.